The molecule has 0 spiro atoms. The Kier molecular flexibility index (Phi) is 7.15. The number of fused-ring (bicyclic) bond motifs is 1. The standard InChI is InChI=1S/C21H27N3O5S/c1-4-28-19(25)13-8-10-24(11-9-13)21(30)23-17-15-12-14(27-3)6-7-16(15)22-18(17)20(26)29-5-2/h6-7,12-13,22H,4-5,8-11H2,1-3H3,(H,23,30). The number of H-pyrrole nitrogens is 1. The molecule has 1 aliphatic rings. The van der Waals surface area contributed by atoms with E-state index < -0.39 is 5.97 Å². The number of ether oxygens (including phenoxy) is 3. The molecule has 2 N–H and O–H groups in total. The number of methoxy groups -OCH3 is 1. The molecule has 0 saturated carbocycles. The van der Waals surface area contributed by atoms with Gasteiger partial charge in [0.25, 0.3) is 0 Å². The third kappa shape index (κ3) is 4.67. The Morgan fingerprint density at radius 2 is 1.90 bits per heavy atom. The smallest absolute Gasteiger partial charge is 0.356 e. The molecule has 30 heavy (non-hydrogen) atoms. The molecule has 0 aliphatic carbocycles. The van der Waals surface area contributed by atoms with Gasteiger partial charge in [0.15, 0.2) is 5.11 Å². The second-order valence-corrected chi connectivity index (χ2v) is 7.34. The van der Waals surface area contributed by atoms with E-state index in [1.54, 1.807) is 14.0 Å². The van der Waals surface area contributed by atoms with Gasteiger partial charge in [0.1, 0.15) is 11.4 Å². The van der Waals surface area contributed by atoms with Crippen molar-refractivity contribution in [3.05, 3.63) is 23.9 Å². The van der Waals surface area contributed by atoms with E-state index in [1.165, 1.54) is 0 Å². The Labute approximate surface area is 180 Å². The minimum Gasteiger partial charge on any atom is -0.497 e. The first-order valence-corrected chi connectivity index (χ1v) is 10.5. The summed E-state index contributed by atoms with van der Waals surface area (Å²) in [4.78, 5) is 29.6. The summed E-state index contributed by atoms with van der Waals surface area (Å²) in [5.74, 6) is -0.0408. The van der Waals surface area contributed by atoms with E-state index in [4.69, 9.17) is 26.4 Å². The fraction of sp³-hybridized carbons (Fsp3) is 0.476. The molecule has 1 aromatic heterocycles. The molecule has 0 radical (unpaired) electrons. The number of carbonyl (C=O) groups excluding carboxylic acids is 2. The monoisotopic (exact) mass is 433 g/mol. The molecule has 0 atom stereocenters. The summed E-state index contributed by atoms with van der Waals surface area (Å²) >= 11 is 5.61. The van der Waals surface area contributed by atoms with Gasteiger partial charge in [-0.3, -0.25) is 4.79 Å². The number of thiocarbonyl (C=S) groups is 1. The molecule has 1 fully saturated rings. The number of nitrogens with zero attached hydrogens (tertiary/aromatic N) is 1. The van der Waals surface area contributed by atoms with Crippen LogP contribution in [0.1, 0.15) is 37.2 Å². The van der Waals surface area contributed by atoms with Crippen LogP contribution in [-0.2, 0) is 14.3 Å². The topological polar surface area (TPSA) is 92.9 Å². The first-order chi connectivity index (χ1) is 14.5. The first-order valence-electron chi connectivity index (χ1n) is 10.1. The third-order valence-corrected chi connectivity index (χ3v) is 5.48. The summed E-state index contributed by atoms with van der Waals surface area (Å²) in [5, 5.41) is 4.49. The van der Waals surface area contributed by atoms with Gasteiger partial charge in [0, 0.05) is 24.0 Å². The molecule has 9 heteroatoms. The van der Waals surface area contributed by atoms with Crippen LogP contribution < -0.4 is 10.1 Å². The van der Waals surface area contributed by atoms with Gasteiger partial charge >= 0.3 is 11.9 Å². The van der Waals surface area contributed by atoms with Crippen LogP contribution in [0.4, 0.5) is 5.69 Å². The molecule has 0 bridgehead atoms. The van der Waals surface area contributed by atoms with E-state index in [9.17, 15) is 9.59 Å². The maximum absolute atomic E-state index is 12.5. The average molecular weight is 434 g/mol. The lowest BCUT2D eigenvalue weighted by molar-refractivity contribution is -0.149. The van der Waals surface area contributed by atoms with Crippen molar-refractivity contribution >= 4 is 45.9 Å². The fourth-order valence-corrected chi connectivity index (χ4v) is 3.83. The lowest BCUT2D eigenvalue weighted by Crippen LogP contribution is -2.42. The Morgan fingerprint density at radius 1 is 1.20 bits per heavy atom. The summed E-state index contributed by atoms with van der Waals surface area (Å²) in [6, 6.07) is 5.50. The molecule has 2 heterocycles. The van der Waals surface area contributed by atoms with Crippen molar-refractivity contribution < 1.29 is 23.8 Å². The zero-order valence-electron chi connectivity index (χ0n) is 17.4. The molecule has 162 valence electrons. The van der Waals surface area contributed by atoms with E-state index >= 15 is 0 Å². The highest BCUT2D eigenvalue weighted by Gasteiger charge is 2.28. The summed E-state index contributed by atoms with van der Waals surface area (Å²) in [7, 11) is 1.59. The van der Waals surface area contributed by atoms with E-state index in [0.29, 0.717) is 54.8 Å². The van der Waals surface area contributed by atoms with Gasteiger partial charge in [-0.25, -0.2) is 4.79 Å². The van der Waals surface area contributed by atoms with Gasteiger partial charge in [-0.15, -0.1) is 0 Å². The minimum absolute atomic E-state index is 0.101. The van der Waals surface area contributed by atoms with Crippen molar-refractivity contribution in [2.45, 2.75) is 26.7 Å². The van der Waals surface area contributed by atoms with Crippen molar-refractivity contribution in [1.29, 1.82) is 0 Å². The van der Waals surface area contributed by atoms with Crippen LogP contribution in [0.2, 0.25) is 0 Å². The predicted octanol–water partition coefficient (Wildman–Crippen LogP) is 3.33. The number of esters is 2. The van der Waals surface area contributed by atoms with Crippen molar-refractivity contribution in [1.82, 2.24) is 9.88 Å². The van der Waals surface area contributed by atoms with Gasteiger partial charge in [-0.2, -0.15) is 0 Å². The van der Waals surface area contributed by atoms with Gasteiger partial charge in [-0.1, -0.05) is 0 Å². The van der Waals surface area contributed by atoms with Crippen LogP contribution in [0.25, 0.3) is 10.9 Å². The van der Waals surface area contributed by atoms with Crippen LogP contribution in [-0.4, -0.2) is 60.3 Å². The van der Waals surface area contributed by atoms with E-state index in [-0.39, 0.29) is 18.5 Å². The Hall–Kier alpha value is -2.81. The highest BCUT2D eigenvalue weighted by atomic mass is 32.1. The summed E-state index contributed by atoms with van der Waals surface area (Å²) < 4.78 is 15.6. The predicted molar refractivity (Wildman–Crippen MR) is 118 cm³/mol. The first kappa shape index (κ1) is 21.9. The number of likely N-dealkylation sites (tertiary alicyclic amines) is 1. The number of nitrogens with one attached hydrogen (secondary N) is 2. The molecule has 0 unspecified atom stereocenters. The van der Waals surface area contributed by atoms with Crippen LogP contribution in [0, 0.1) is 5.92 Å². The molecule has 1 saturated heterocycles. The molecule has 8 nitrogen and oxygen atoms in total. The van der Waals surface area contributed by atoms with Gasteiger partial charge < -0.3 is 29.4 Å². The minimum atomic E-state index is -0.459. The van der Waals surface area contributed by atoms with Crippen LogP contribution in [0.5, 0.6) is 5.75 Å². The Balaban J connectivity index is 1.80. The zero-order valence-corrected chi connectivity index (χ0v) is 18.3. The number of hydrogen-bond acceptors (Lipinski definition) is 6. The highest BCUT2D eigenvalue weighted by molar-refractivity contribution is 7.80. The van der Waals surface area contributed by atoms with Gasteiger partial charge in [0.2, 0.25) is 0 Å². The normalized spacial score (nSPS) is 14.4. The molecule has 3 rings (SSSR count). The number of hydrogen-bond donors (Lipinski definition) is 2. The van der Waals surface area contributed by atoms with Gasteiger partial charge in [0.05, 0.1) is 31.9 Å². The number of aromatic amines is 1. The number of rotatable bonds is 6. The van der Waals surface area contributed by atoms with E-state index in [1.807, 2.05) is 30.0 Å². The maximum atomic E-state index is 12.5. The summed E-state index contributed by atoms with van der Waals surface area (Å²) in [6.07, 6.45) is 1.35. The second-order valence-electron chi connectivity index (χ2n) is 6.95. The Morgan fingerprint density at radius 3 is 2.53 bits per heavy atom. The number of benzene rings is 1. The molecule has 1 aliphatic heterocycles. The highest BCUT2D eigenvalue weighted by Crippen LogP contribution is 2.32. The molecule has 0 amide bonds. The zero-order chi connectivity index (χ0) is 21.7. The molecule has 1 aromatic carbocycles. The molecule has 2 aromatic rings. The van der Waals surface area contributed by atoms with E-state index in [2.05, 4.69) is 10.3 Å². The van der Waals surface area contributed by atoms with Gasteiger partial charge in [-0.05, 0) is 57.1 Å². The SMILES string of the molecule is CCOC(=O)c1[nH]c2ccc(OC)cc2c1NC(=S)N1CCC(C(=O)OCC)CC1. The van der Waals surface area contributed by atoms with Crippen molar-refractivity contribution in [2.24, 2.45) is 5.92 Å². The van der Waals surface area contributed by atoms with Crippen molar-refractivity contribution in [3.63, 3.8) is 0 Å². The largest absolute Gasteiger partial charge is 0.497 e. The Bertz CT molecular complexity index is 934. The quantitative estimate of drug-likeness (QED) is 0.529. The summed E-state index contributed by atoms with van der Waals surface area (Å²) in [6.45, 7) is 5.49. The molecular weight excluding hydrogens is 406 g/mol. The second kappa shape index (κ2) is 9.80. The fourth-order valence-electron chi connectivity index (χ4n) is 3.55. The average Bonchev–Trinajstić information content (AvgIpc) is 3.11. The third-order valence-electron chi connectivity index (χ3n) is 5.12. The number of carbonyl (C=O) groups is 2. The lowest BCUT2D eigenvalue weighted by Gasteiger charge is -2.32. The molecular formula is C21H27N3O5S. The number of aromatic nitrogens is 1. The number of piperidine rings is 1. The lowest BCUT2D eigenvalue weighted by atomic mass is 9.97. The maximum Gasteiger partial charge on any atom is 0.356 e. The van der Waals surface area contributed by atoms with Crippen molar-refractivity contribution in [3.8, 4) is 5.75 Å². The van der Waals surface area contributed by atoms with Crippen LogP contribution >= 0.6 is 12.2 Å². The summed E-state index contributed by atoms with van der Waals surface area (Å²) in [5.41, 5.74) is 1.63. The van der Waals surface area contributed by atoms with Crippen LogP contribution in [0.3, 0.4) is 0 Å². The van der Waals surface area contributed by atoms with Crippen molar-refractivity contribution in [2.75, 3.05) is 38.7 Å². The van der Waals surface area contributed by atoms with Crippen LogP contribution in [0.15, 0.2) is 18.2 Å². The number of anilines is 1. The van der Waals surface area contributed by atoms with E-state index in [0.717, 1.165) is 10.9 Å².